The molecule has 3 atom stereocenters. The van der Waals surface area contributed by atoms with Crippen LogP contribution in [0.2, 0.25) is 0 Å². The molecule has 0 spiro atoms. The Balaban J connectivity index is 1.83. The molecule has 44 heavy (non-hydrogen) atoms. The van der Waals surface area contributed by atoms with Crippen LogP contribution in [0.15, 0.2) is 35.9 Å². The van der Waals surface area contributed by atoms with Gasteiger partial charge < -0.3 is 19.3 Å². The number of carbonyl (C=O) groups excluding carboxylic acids is 1. The Kier molecular flexibility index (Phi) is 14.7. The Morgan fingerprint density at radius 3 is 2.34 bits per heavy atom. The second-order valence-electron chi connectivity index (χ2n) is 13.1. The molecule has 248 valence electrons. The summed E-state index contributed by atoms with van der Waals surface area (Å²) in [6, 6.07) is 3.62. The van der Waals surface area contributed by atoms with Crippen molar-refractivity contribution in [2.24, 2.45) is 5.92 Å². The highest BCUT2D eigenvalue weighted by atomic mass is 31.2. The van der Waals surface area contributed by atoms with Gasteiger partial charge in [0.1, 0.15) is 11.5 Å². The van der Waals surface area contributed by atoms with Crippen LogP contribution >= 0.6 is 7.82 Å². The highest BCUT2D eigenvalue weighted by Crippen LogP contribution is 2.51. The van der Waals surface area contributed by atoms with E-state index in [2.05, 4.69) is 33.4 Å². The third-order valence-electron chi connectivity index (χ3n) is 9.23. The largest absolute Gasteiger partial charge is 0.756 e. The molecule has 0 saturated heterocycles. The minimum Gasteiger partial charge on any atom is -0.756 e. The maximum atomic E-state index is 13.9. The predicted octanol–water partition coefficient (Wildman–Crippen LogP) is 9.61. The van der Waals surface area contributed by atoms with Gasteiger partial charge in [-0.25, -0.2) is 4.79 Å². The van der Waals surface area contributed by atoms with Gasteiger partial charge in [0, 0.05) is 11.5 Å². The Bertz CT molecular complexity index is 1170. The highest BCUT2D eigenvalue weighted by molar-refractivity contribution is 7.46. The summed E-state index contributed by atoms with van der Waals surface area (Å²) in [5, 5.41) is 11.4. The lowest BCUT2D eigenvalue weighted by Gasteiger charge is -2.35. The van der Waals surface area contributed by atoms with Crippen LogP contribution in [0.3, 0.4) is 0 Å². The fourth-order valence-electron chi connectivity index (χ4n) is 6.66. The maximum Gasteiger partial charge on any atom is 0.344 e. The second-order valence-corrected chi connectivity index (χ2v) is 14.4. The number of hydrogen-bond donors (Lipinski definition) is 1. The zero-order chi connectivity index (χ0) is 32.2. The van der Waals surface area contributed by atoms with Gasteiger partial charge in [0.05, 0.1) is 6.61 Å². The number of phosphoric ester groups is 1. The smallest absolute Gasteiger partial charge is 0.344 e. The third kappa shape index (κ3) is 10.6. The Morgan fingerprint density at radius 1 is 1.05 bits per heavy atom. The second kappa shape index (κ2) is 17.7. The molecule has 0 aliphatic heterocycles. The molecule has 0 heterocycles. The number of phosphoric acid groups is 1. The van der Waals surface area contributed by atoms with Gasteiger partial charge in [-0.3, -0.25) is 9.09 Å². The third-order valence-corrected chi connectivity index (χ3v) is 10.3. The van der Waals surface area contributed by atoms with E-state index in [9.17, 15) is 19.4 Å². The van der Waals surface area contributed by atoms with Crippen molar-refractivity contribution in [3.63, 3.8) is 0 Å². The van der Waals surface area contributed by atoms with Crippen molar-refractivity contribution in [3.05, 3.63) is 47.1 Å². The molecule has 3 rings (SSSR count). The Morgan fingerprint density at radius 2 is 1.68 bits per heavy atom. The van der Waals surface area contributed by atoms with E-state index in [0.29, 0.717) is 24.8 Å². The molecule has 1 N–H and O–H groups in total. The molecular weight excluding hydrogens is 575 g/mol. The number of aryl methyl sites for hydroxylation is 1. The molecule has 1 aromatic rings. The summed E-state index contributed by atoms with van der Waals surface area (Å²) in [5.41, 5.74) is 1.98. The van der Waals surface area contributed by atoms with Gasteiger partial charge in [0.25, 0.3) is 7.82 Å². The zero-order valence-corrected chi connectivity index (χ0v) is 28.6. The number of rotatable bonds is 19. The van der Waals surface area contributed by atoms with E-state index < -0.39 is 19.4 Å². The lowest BCUT2D eigenvalue weighted by atomic mass is 9.73. The quantitative estimate of drug-likeness (QED) is 0.0533. The molecule has 0 amide bonds. The van der Waals surface area contributed by atoms with Gasteiger partial charge in [-0.1, -0.05) is 89.0 Å². The number of unbranched alkanes of at least 4 members (excludes halogenated alkanes) is 8. The molecule has 0 bridgehead atoms. The fourth-order valence-corrected chi connectivity index (χ4v) is 7.75. The van der Waals surface area contributed by atoms with Crippen molar-refractivity contribution in [1.29, 1.82) is 0 Å². The summed E-state index contributed by atoms with van der Waals surface area (Å²) in [6.07, 6.45) is 16.8. The van der Waals surface area contributed by atoms with Crippen molar-refractivity contribution in [2.75, 3.05) is 6.61 Å². The topological polar surface area (TPSA) is 105 Å². The van der Waals surface area contributed by atoms with Gasteiger partial charge in [0.2, 0.25) is 0 Å². The lowest BCUT2D eigenvalue weighted by Crippen LogP contribution is -2.42. The van der Waals surface area contributed by atoms with Crippen LogP contribution in [0.25, 0.3) is 0 Å². The summed E-state index contributed by atoms with van der Waals surface area (Å²) in [5.74, 6) is -0.543. The van der Waals surface area contributed by atoms with Crippen molar-refractivity contribution in [3.8, 4) is 11.5 Å². The maximum absolute atomic E-state index is 13.9. The van der Waals surface area contributed by atoms with Gasteiger partial charge in [-0.2, -0.15) is 0 Å². The van der Waals surface area contributed by atoms with Crippen LogP contribution in [0, 0.1) is 5.92 Å². The molecule has 8 heteroatoms. The van der Waals surface area contributed by atoms with E-state index in [1.165, 1.54) is 24.8 Å². The monoisotopic (exact) mass is 631 g/mol. The SMILES string of the molecule is C=C(C)[C@@H]1CCC(C)=C[C@H]1c1c(O)cc(CCCCC)cc1OC(=O)C1(OP(=O)([O-])OCCCCCCCCC)CCCC1. The first kappa shape index (κ1) is 36.5. The number of ether oxygens (including phenoxy) is 1. The van der Waals surface area contributed by atoms with Gasteiger partial charge >= 0.3 is 5.97 Å². The van der Waals surface area contributed by atoms with Gasteiger partial charge in [-0.15, -0.1) is 0 Å². The first-order valence-corrected chi connectivity index (χ1v) is 18.5. The number of carbonyl (C=O) groups is 1. The molecule has 1 fully saturated rings. The van der Waals surface area contributed by atoms with E-state index in [1.54, 1.807) is 6.07 Å². The van der Waals surface area contributed by atoms with E-state index in [4.69, 9.17) is 13.8 Å². The van der Waals surface area contributed by atoms with Gasteiger partial charge in [-0.05, 0) is 95.2 Å². The number of phenolic OH excluding ortho intramolecular Hbond substituents is 1. The Labute approximate surface area is 266 Å². The number of benzene rings is 1. The predicted molar refractivity (Wildman–Crippen MR) is 175 cm³/mol. The molecule has 1 aromatic carbocycles. The van der Waals surface area contributed by atoms with E-state index >= 15 is 0 Å². The van der Waals surface area contributed by atoms with Crippen LogP contribution in [0.4, 0.5) is 0 Å². The average Bonchev–Trinajstić information content (AvgIpc) is 3.43. The van der Waals surface area contributed by atoms with Crippen LogP contribution in [-0.4, -0.2) is 23.3 Å². The number of allylic oxidation sites excluding steroid dienone is 3. The zero-order valence-electron chi connectivity index (χ0n) is 27.7. The van der Waals surface area contributed by atoms with E-state index in [-0.39, 0.29) is 42.8 Å². The number of phenols is 1. The number of aromatic hydroxyl groups is 1. The minimum atomic E-state index is -4.76. The number of hydrogen-bond acceptors (Lipinski definition) is 7. The van der Waals surface area contributed by atoms with Gasteiger partial charge in [0.15, 0.2) is 5.60 Å². The molecule has 7 nitrogen and oxygen atoms in total. The first-order chi connectivity index (χ1) is 21.0. The normalized spacial score (nSPS) is 21.1. The van der Waals surface area contributed by atoms with Crippen molar-refractivity contribution in [1.82, 2.24) is 0 Å². The summed E-state index contributed by atoms with van der Waals surface area (Å²) >= 11 is 0. The van der Waals surface area contributed by atoms with Crippen LogP contribution < -0.4 is 9.63 Å². The Hall–Kier alpha value is -1.92. The molecule has 0 radical (unpaired) electrons. The molecule has 1 unspecified atom stereocenters. The molecule has 0 aromatic heterocycles. The van der Waals surface area contributed by atoms with Crippen LogP contribution in [0.5, 0.6) is 11.5 Å². The van der Waals surface area contributed by atoms with Crippen molar-refractivity contribution >= 4 is 13.8 Å². The molecule has 1 saturated carbocycles. The molecule has 2 aliphatic rings. The van der Waals surface area contributed by atoms with Crippen LogP contribution in [-0.2, 0) is 24.8 Å². The summed E-state index contributed by atoms with van der Waals surface area (Å²) in [4.78, 5) is 26.9. The summed E-state index contributed by atoms with van der Waals surface area (Å²) in [7, 11) is -4.76. The standard InChI is InChI=1S/C36H57O7P/c1-6-8-10-11-12-13-17-23-41-44(39,40)43-36(21-15-16-22-36)35(38)42-33-26-29(18-14-9-7-2)25-32(37)34(33)31-24-28(5)19-20-30(31)27(3)4/h24-26,30-31,37H,3,6-23H2,1-2,4-5H3,(H,39,40)/p-1/t30-,31+/m0/s1. The van der Waals surface area contributed by atoms with E-state index in [1.807, 2.05) is 13.0 Å². The molecule has 2 aliphatic carbocycles. The van der Waals surface area contributed by atoms with Crippen molar-refractivity contribution < 1.29 is 33.1 Å². The summed E-state index contributed by atoms with van der Waals surface area (Å²) < 4.78 is 29.9. The van der Waals surface area contributed by atoms with Crippen molar-refractivity contribution in [2.45, 2.75) is 148 Å². The summed E-state index contributed by atoms with van der Waals surface area (Å²) in [6.45, 7) is 12.6. The lowest BCUT2D eigenvalue weighted by molar-refractivity contribution is -0.237. The number of esters is 1. The minimum absolute atomic E-state index is 0.0349. The van der Waals surface area contributed by atoms with E-state index in [0.717, 1.165) is 68.9 Å². The molecular formula is C36H56O7P-. The van der Waals surface area contributed by atoms with Crippen LogP contribution in [0.1, 0.15) is 147 Å². The average molecular weight is 632 g/mol. The first-order valence-electron chi connectivity index (χ1n) is 17.1. The fraction of sp³-hybridized carbons (Fsp3) is 0.694. The highest BCUT2D eigenvalue weighted by Gasteiger charge is 2.47.